The van der Waals surface area contributed by atoms with E-state index in [1.54, 1.807) is 0 Å². The fourth-order valence-corrected chi connectivity index (χ4v) is 4.94. The number of ether oxygens (including phenoxy) is 3. The van der Waals surface area contributed by atoms with Crippen molar-refractivity contribution in [1.82, 2.24) is 0 Å². The first-order valence-electron chi connectivity index (χ1n) is 9.10. The molecular formula is C20H26O6. The number of allylic oxidation sites excluding steroid dienone is 4. The smallest absolute Gasteiger partial charge is 0.310 e. The van der Waals surface area contributed by atoms with Gasteiger partial charge in [0.25, 0.3) is 0 Å². The molecule has 4 aliphatic rings. The maximum atomic E-state index is 11.6. The quantitative estimate of drug-likeness (QED) is 0.435. The van der Waals surface area contributed by atoms with E-state index in [0.29, 0.717) is 11.8 Å². The summed E-state index contributed by atoms with van der Waals surface area (Å²) in [5.74, 6) is 0.255. The van der Waals surface area contributed by atoms with Crippen LogP contribution in [0.2, 0.25) is 0 Å². The Balaban J connectivity index is 0.000000158. The van der Waals surface area contributed by atoms with E-state index in [4.69, 9.17) is 14.2 Å². The number of methoxy groups -OCH3 is 3. The first-order valence-corrected chi connectivity index (χ1v) is 9.10. The Bertz CT molecular complexity index is 606. The van der Waals surface area contributed by atoms with Gasteiger partial charge in [0.15, 0.2) is 0 Å². The van der Waals surface area contributed by atoms with Crippen molar-refractivity contribution >= 4 is 17.9 Å². The van der Waals surface area contributed by atoms with Crippen molar-refractivity contribution in [1.29, 1.82) is 0 Å². The van der Waals surface area contributed by atoms with Gasteiger partial charge in [-0.25, -0.2) is 0 Å². The average Bonchev–Trinajstić information content (AvgIpc) is 3.46. The molecule has 0 N–H and O–H groups in total. The summed E-state index contributed by atoms with van der Waals surface area (Å²) in [6.07, 6.45) is 11.4. The second-order valence-corrected chi connectivity index (χ2v) is 7.46. The molecule has 0 spiro atoms. The summed E-state index contributed by atoms with van der Waals surface area (Å²) in [6, 6.07) is 0. The highest BCUT2D eigenvalue weighted by atomic mass is 16.5. The Morgan fingerprint density at radius 3 is 1.54 bits per heavy atom. The maximum Gasteiger partial charge on any atom is 0.310 e. The minimum Gasteiger partial charge on any atom is -0.469 e. The molecule has 0 aromatic rings. The van der Waals surface area contributed by atoms with Crippen LogP contribution in [0.3, 0.4) is 0 Å². The number of carbonyl (C=O) groups is 3. The number of hydrogen-bond acceptors (Lipinski definition) is 6. The van der Waals surface area contributed by atoms with E-state index in [9.17, 15) is 14.4 Å². The molecule has 0 aromatic carbocycles. The summed E-state index contributed by atoms with van der Waals surface area (Å²) in [5.41, 5.74) is 0. The molecule has 2 saturated carbocycles. The topological polar surface area (TPSA) is 78.9 Å². The number of fused-ring (bicyclic) bond motifs is 4. The van der Waals surface area contributed by atoms with Gasteiger partial charge < -0.3 is 14.2 Å². The Hall–Kier alpha value is -2.11. The van der Waals surface area contributed by atoms with E-state index in [-0.39, 0.29) is 47.5 Å². The predicted octanol–water partition coefficient (Wildman–Crippen LogP) is 2.14. The molecule has 0 saturated heterocycles. The van der Waals surface area contributed by atoms with Gasteiger partial charge in [-0.05, 0) is 42.9 Å². The lowest BCUT2D eigenvalue weighted by atomic mass is 9.83. The molecular weight excluding hydrogens is 336 g/mol. The monoisotopic (exact) mass is 362 g/mol. The lowest BCUT2D eigenvalue weighted by molar-refractivity contribution is -0.158. The molecule has 6 heteroatoms. The van der Waals surface area contributed by atoms with E-state index in [1.807, 2.05) is 12.2 Å². The van der Waals surface area contributed by atoms with E-state index < -0.39 is 0 Å². The minimum absolute atomic E-state index is 0.0261. The summed E-state index contributed by atoms with van der Waals surface area (Å²) in [4.78, 5) is 34.3. The zero-order valence-electron chi connectivity index (χ0n) is 15.4. The van der Waals surface area contributed by atoms with E-state index in [1.165, 1.54) is 27.8 Å². The SMILES string of the molecule is COC(=O)C1C2C=CC(C2)C1C(=O)OC.COC(=O)C1CC2C=CC1C2. The maximum absolute atomic E-state index is 11.6. The molecule has 4 aliphatic carbocycles. The Labute approximate surface area is 153 Å². The Morgan fingerprint density at radius 1 is 0.654 bits per heavy atom. The van der Waals surface area contributed by atoms with Crippen molar-refractivity contribution in [2.24, 2.45) is 41.4 Å². The van der Waals surface area contributed by atoms with Crippen LogP contribution in [0.1, 0.15) is 19.3 Å². The van der Waals surface area contributed by atoms with Crippen LogP contribution in [0.4, 0.5) is 0 Å². The fourth-order valence-electron chi connectivity index (χ4n) is 4.94. The highest BCUT2D eigenvalue weighted by Gasteiger charge is 2.52. The van der Waals surface area contributed by atoms with Gasteiger partial charge in [0.1, 0.15) is 0 Å². The van der Waals surface area contributed by atoms with Crippen molar-refractivity contribution < 1.29 is 28.6 Å². The third-order valence-corrected chi connectivity index (χ3v) is 6.19. The van der Waals surface area contributed by atoms with Crippen molar-refractivity contribution in [3.05, 3.63) is 24.3 Å². The first-order chi connectivity index (χ1) is 12.5. The molecule has 0 radical (unpaired) electrons. The minimum atomic E-state index is -0.350. The summed E-state index contributed by atoms with van der Waals surface area (Å²) >= 11 is 0. The molecule has 0 aromatic heterocycles. The number of carbonyl (C=O) groups excluding carboxylic acids is 3. The van der Waals surface area contributed by atoms with Gasteiger partial charge in [-0.1, -0.05) is 24.3 Å². The summed E-state index contributed by atoms with van der Waals surface area (Å²) < 4.78 is 14.2. The third kappa shape index (κ3) is 3.29. The summed E-state index contributed by atoms with van der Waals surface area (Å²) in [7, 11) is 4.18. The zero-order valence-corrected chi connectivity index (χ0v) is 15.4. The molecule has 6 nitrogen and oxygen atoms in total. The van der Waals surface area contributed by atoms with Gasteiger partial charge >= 0.3 is 17.9 Å². The highest BCUT2D eigenvalue weighted by Crippen LogP contribution is 2.48. The van der Waals surface area contributed by atoms with Gasteiger partial charge in [-0.3, -0.25) is 14.4 Å². The molecule has 7 atom stereocenters. The largest absolute Gasteiger partial charge is 0.469 e. The first kappa shape index (κ1) is 18.7. The van der Waals surface area contributed by atoms with Gasteiger partial charge in [-0.2, -0.15) is 0 Å². The molecule has 4 rings (SSSR count). The molecule has 7 unspecified atom stereocenters. The van der Waals surface area contributed by atoms with Crippen LogP contribution >= 0.6 is 0 Å². The standard InChI is InChI=1S/C11H14O4.C9H12O2/c1-14-10(12)8-6-3-4-7(5-6)9(8)11(13)15-2;1-11-9(10)8-5-6-2-3-7(8)4-6/h3-4,6-9H,5H2,1-2H3;2-3,6-8H,4-5H2,1H3. The highest BCUT2D eigenvalue weighted by molar-refractivity contribution is 5.84. The predicted molar refractivity (Wildman–Crippen MR) is 92.6 cm³/mol. The molecule has 0 amide bonds. The molecule has 0 aliphatic heterocycles. The molecule has 142 valence electrons. The molecule has 2 fully saturated rings. The van der Waals surface area contributed by atoms with Crippen molar-refractivity contribution in [2.45, 2.75) is 19.3 Å². The van der Waals surface area contributed by atoms with E-state index in [2.05, 4.69) is 12.2 Å². The lowest BCUT2D eigenvalue weighted by Gasteiger charge is -2.23. The van der Waals surface area contributed by atoms with Crippen LogP contribution in [0.15, 0.2) is 24.3 Å². The Kier molecular flexibility index (Phi) is 5.49. The van der Waals surface area contributed by atoms with Crippen LogP contribution in [0, 0.1) is 41.4 Å². The van der Waals surface area contributed by atoms with Gasteiger partial charge in [0.2, 0.25) is 0 Å². The number of rotatable bonds is 3. The number of esters is 3. The van der Waals surface area contributed by atoms with E-state index >= 15 is 0 Å². The van der Waals surface area contributed by atoms with Crippen LogP contribution in [-0.2, 0) is 28.6 Å². The second-order valence-electron chi connectivity index (χ2n) is 7.46. The second kappa shape index (κ2) is 7.64. The van der Waals surface area contributed by atoms with Crippen molar-refractivity contribution in [3.8, 4) is 0 Å². The van der Waals surface area contributed by atoms with Crippen LogP contribution in [-0.4, -0.2) is 39.2 Å². The molecule has 26 heavy (non-hydrogen) atoms. The molecule has 0 heterocycles. The lowest BCUT2D eigenvalue weighted by Crippen LogP contribution is -2.34. The van der Waals surface area contributed by atoms with Crippen LogP contribution in [0.5, 0.6) is 0 Å². The number of hydrogen-bond donors (Lipinski definition) is 0. The summed E-state index contributed by atoms with van der Waals surface area (Å²) in [6.45, 7) is 0. The zero-order chi connectivity index (χ0) is 18.8. The fraction of sp³-hybridized carbons (Fsp3) is 0.650. The summed E-state index contributed by atoms with van der Waals surface area (Å²) in [5, 5.41) is 0. The van der Waals surface area contributed by atoms with Crippen molar-refractivity contribution in [2.75, 3.05) is 21.3 Å². The van der Waals surface area contributed by atoms with Gasteiger partial charge in [0, 0.05) is 0 Å². The van der Waals surface area contributed by atoms with Crippen molar-refractivity contribution in [3.63, 3.8) is 0 Å². The van der Waals surface area contributed by atoms with Crippen LogP contribution in [0.25, 0.3) is 0 Å². The third-order valence-electron chi connectivity index (χ3n) is 6.19. The Morgan fingerprint density at radius 2 is 1.15 bits per heavy atom. The van der Waals surface area contributed by atoms with Gasteiger partial charge in [0.05, 0.1) is 39.1 Å². The normalized spacial score (nSPS) is 37.9. The average molecular weight is 362 g/mol. The molecule has 4 bridgehead atoms. The van der Waals surface area contributed by atoms with Crippen LogP contribution < -0.4 is 0 Å². The van der Waals surface area contributed by atoms with Gasteiger partial charge in [-0.15, -0.1) is 0 Å². The van der Waals surface area contributed by atoms with E-state index in [0.717, 1.165) is 12.8 Å².